The van der Waals surface area contributed by atoms with E-state index in [0.717, 1.165) is 38.2 Å². The molecule has 7 aromatic rings. The van der Waals surface area contributed by atoms with E-state index in [2.05, 4.69) is 101 Å². The van der Waals surface area contributed by atoms with Crippen LogP contribution < -0.4 is 0 Å². The molecular weight excluding hydrogens is 710 g/mol. The number of phenols is 3. The Morgan fingerprint density at radius 1 is 0.385 bits per heavy atom. The van der Waals surface area contributed by atoms with E-state index in [9.17, 15) is 15.3 Å². The maximum atomic E-state index is 11.2. The van der Waals surface area contributed by atoms with Crippen LogP contribution in [0.3, 0.4) is 0 Å². The number of rotatable bonds is 2. The van der Waals surface area contributed by atoms with E-state index in [1.807, 2.05) is 46.9 Å². The summed E-state index contributed by atoms with van der Waals surface area (Å²) in [5.74, 6) is -1.14. The van der Waals surface area contributed by atoms with E-state index in [1.165, 1.54) is 21.5 Å². The Bertz CT molecular complexity index is 2050. The van der Waals surface area contributed by atoms with Gasteiger partial charge < -0.3 is 15.3 Å². The highest BCUT2D eigenvalue weighted by Gasteiger charge is 2.26. The summed E-state index contributed by atoms with van der Waals surface area (Å²) in [6.07, 6.45) is 0. The van der Waals surface area contributed by atoms with Crippen molar-refractivity contribution in [3.05, 3.63) is 110 Å². The topological polar surface area (TPSA) is 60.7 Å². The number of benzene rings is 7. The Morgan fingerprint density at radius 2 is 0.846 bits per heavy atom. The van der Waals surface area contributed by atoms with Crippen LogP contribution in [0, 0.1) is 7.14 Å². The third-order valence-electron chi connectivity index (χ3n) is 7.52. The molecule has 0 spiro atoms. The summed E-state index contributed by atoms with van der Waals surface area (Å²) in [6.45, 7) is 0. The van der Waals surface area contributed by atoms with Gasteiger partial charge in [0.15, 0.2) is 11.5 Å². The lowest BCUT2D eigenvalue weighted by atomic mass is 9.83. The van der Waals surface area contributed by atoms with Crippen LogP contribution in [0.1, 0.15) is 0 Å². The molecule has 7 rings (SSSR count). The van der Waals surface area contributed by atoms with Gasteiger partial charge in [0.05, 0.1) is 3.57 Å². The Labute approximate surface area is 251 Å². The highest BCUT2D eigenvalue weighted by atomic mass is 127. The summed E-state index contributed by atoms with van der Waals surface area (Å²) in [5.41, 5.74) is 3.60. The quantitative estimate of drug-likeness (QED) is 0.0719. The molecule has 0 aliphatic heterocycles. The largest absolute Gasteiger partial charge is 0.504 e. The van der Waals surface area contributed by atoms with Crippen molar-refractivity contribution < 1.29 is 15.3 Å². The van der Waals surface area contributed by atoms with Crippen molar-refractivity contribution in [3.8, 4) is 39.5 Å². The summed E-state index contributed by atoms with van der Waals surface area (Å²) in [7, 11) is 0. The summed E-state index contributed by atoms with van der Waals surface area (Å²) in [6, 6.07) is 35.8. The lowest BCUT2D eigenvalue weighted by Crippen LogP contribution is -1.95. The normalized spacial score (nSPS) is 11.6. The standard InChI is InChI=1S/C34H20I2O3/c35-30-29(32(37)34(39)33(38)31(30)36)28-24-15-7-5-13-22(24)27(23-14-6-8-16-25(23)28)26-17-18-9-1-2-10-19(18)20-11-3-4-12-21(20)26/h1-17,37-39H. The molecule has 0 aromatic heterocycles. The molecule has 0 aliphatic rings. The minimum atomic E-state index is -0.507. The zero-order chi connectivity index (χ0) is 26.8. The van der Waals surface area contributed by atoms with Crippen molar-refractivity contribution in [2.75, 3.05) is 0 Å². The number of hydrogen-bond acceptors (Lipinski definition) is 3. The van der Waals surface area contributed by atoms with E-state index in [0.29, 0.717) is 12.7 Å². The van der Waals surface area contributed by atoms with Gasteiger partial charge in [0.2, 0.25) is 5.75 Å². The van der Waals surface area contributed by atoms with Crippen molar-refractivity contribution in [2.45, 2.75) is 0 Å². The van der Waals surface area contributed by atoms with Crippen LogP contribution in [-0.2, 0) is 0 Å². The van der Waals surface area contributed by atoms with Crippen molar-refractivity contribution in [1.82, 2.24) is 0 Å². The zero-order valence-corrected chi connectivity index (χ0v) is 24.7. The first-order valence-electron chi connectivity index (χ1n) is 12.4. The summed E-state index contributed by atoms with van der Waals surface area (Å²) in [5, 5.41) is 41.0. The first kappa shape index (κ1) is 24.5. The lowest BCUT2D eigenvalue weighted by molar-refractivity contribution is 0.366. The molecule has 0 fully saturated rings. The minimum Gasteiger partial charge on any atom is -0.504 e. The molecule has 0 heterocycles. The summed E-state index contributed by atoms with van der Waals surface area (Å²) in [4.78, 5) is 0. The van der Waals surface area contributed by atoms with E-state index in [-0.39, 0.29) is 11.5 Å². The van der Waals surface area contributed by atoms with E-state index < -0.39 is 5.75 Å². The fraction of sp³-hybridized carbons (Fsp3) is 0. The Balaban J connectivity index is 1.72. The smallest absolute Gasteiger partial charge is 0.202 e. The average Bonchev–Trinajstić information content (AvgIpc) is 2.98. The zero-order valence-electron chi connectivity index (χ0n) is 20.4. The fourth-order valence-electron chi connectivity index (χ4n) is 5.83. The van der Waals surface area contributed by atoms with E-state index in [1.54, 1.807) is 0 Å². The molecule has 0 radical (unpaired) electrons. The van der Waals surface area contributed by atoms with Gasteiger partial charge in [0, 0.05) is 14.7 Å². The van der Waals surface area contributed by atoms with E-state index >= 15 is 0 Å². The number of fused-ring (bicyclic) bond motifs is 5. The monoisotopic (exact) mass is 730 g/mol. The average molecular weight is 730 g/mol. The van der Waals surface area contributed by atoms with Gasteiger partial charge in [-0.15, -0.1) is 0 Å². The second-order valence-electron chi connectivity index (χ2n) is 9.58. The molecular formula is C34H20I2O3. The van der Waals surface area contributed by atoms with Gasteiger partial charge in [-0.3, -0.25) is 0 Å². The molecule has 39 heavy (non-hydrogen) atoms. The fourth-order valence-corrected chi connectivity index (χ4v) is 7.14. The Kier molecular flexibility index (Phi) is 5.82. The molecule has 3 nitrogen and oxygen atoms in total. The molecule has 3 N–H and O–H groups in total. The molecule has 0 unspecified atom stereocenters. The SMILES string of the molecule is Oc1c(O)c(I)c(I)c(-c2c3ccccc3c(-c3cc4ccccc4c4ccccc34)c3ccccc23)c1O. The van der Waals surface area contributed by atoms with Gasteiger partial charge in [0.1, 0.15) is 0 Å². The van der Waals surface area contributed by atoms with Crippen LogP contribution in [0.25, 0.3) is 65.3 Å². The molecule has 0 bridgehead atoms. The van der Waals surface area contributed by atoms with Gasteiger partial charge in [-0.25, -0.2) is 0 Å². The molecule has 0 saturated carbocycles. The van der Waals surface area contributed by atoms with Crippen LogP contribution in [-0.4, -0.2) is 15.3 Å². The second-order valence-corrected chi connectivity index (χ2v) is 11.7. The molecule has 0 atom stereocenters. The van der Waals surface area contributed by atoms with Gasteiger partial charge in [-0.1, -0.05) is 97.1 Å². The van der Waals surface area contributed by atoms with Gasteiger partial charge in [0.25, 0.3) is 0 Å². The predicted molar refractivity (Wildman–Crippen MR) is 178 cm³/mol. The first-order chi connectivity index (χ1) is 19.0. The van der Waals surface area contributed by atoms with Crippen molar-refractivity contribution in [2.24, 2.45) is 0 Å². The molecule has 5 heteroatoms. The third kappa shape index (κ3) is 3.59. The Hall–Kier alpha value is -3.56. The second kappa shape index (κ2) is 9.27. The van der Waals surface area contributed by atoms with Crippen LogP contribution in [0.5, 0.6) is 17.2 Å². The third-order valence-corrected chi connectivity index (χ3v) is 10.7. The van der Waals surface area contributed by atoms with Gasteiger partial charge in [-0.05, 0) is 105 Å². The first-order valence-corrected chi connectivity index (χ1v) is 14.6. The van der Waals surface area contributed by atoms with Crippen LogP contribution in [0.15, 0.2) is 103 Å². The molecule has 0 aliphatic carbocycles. The van der Waals surface area contributed by atoms with E-state index in [4.69, 9.17) is 0 Å². The van der Waals surface area contributed by atoms with Crippen molar-refractivity contribution in [3.63, 3.8) is 0 Å². The van der Waals surface area contributed by atoms with Crippen LogP contribution >= 0.6 is 45.2 Å². The maximum Gasteiger partial charge on any atom is 0.202 e. The lowest BCUT2D eigenvalue weighted by Gasteiger charge is -2.21. The van der Waals surface area contributed by atoms with Crippen LogP contribution in [0.2, 0.25) is 0 Å². The number of halogens is 2. The number of phenolic OH excluding ortho intramolecular Hbond substituents is 3. The summed E-state index contributed by atoms with van der Waals surface area (Å²) >= 11 is 4.16. The number of aromatic hydroxyl groups is 3. The van der Waals surface area contributed by atoms with Crippen LogP contribution in [0.4, 0.5) is 0 Å². The highest BCUT2D eigenvalue weighted by molar-refractivity contribution is 14.1. The minimum absolute atomic E-state index is 0.311. The van der Waals surface area contributed by atoms with Crippen molar-refractivity contribution >= 4 is 88.3 Å². The Morgan fingerprint density at radius 3 is 1.44 bits per heavy atom. The van der Waals surface area contributed by atoms with Gasteiger partial charge >= 0.3 is 0 Å². The maximum absolute atomic E-state index is 11.2. The summed E-state index contributed by atoms with van der Waals surface area (Å²) < 4.78 is 1.18. The molecule has 188 valence electrons. The molecule has 7 aromatic carbocycles. The predicted octanol–water partition coefficient (Wildman–Crippen LogP) is 9.96. The molecule has 0 saturated heterocycles. The highest BCUT2D eigenvalue weighted by Crippen LogP contribution is 2.53. The molecule has 0 amide bonds. The van der Waals surface area contributed by atoms with Crippen molar-refractivity contribution in [1.29, 1.82) is 0 Å². The van der Waals surface area contributed by atoms with Gasteiger partial charge in [-0.2, -0.15) is 0 Å². The number of hydrogen-bond donors (Lipinski definition) is 3.